The monoisotopic (exact) mass is 350 g/mol. The largest absolute Gasteiger partial charge is 0.496 e. The Balaban J connectivity index is 1.93. The first kappa shape index (κ1) is 17.7. The Hall–Kier alpha value is -3.08. The van der Waals surface area contributed by atoms with Crippen molar-refractivity contribution in [2.45, 2.75) is 26.9 Å². The summed E-state index contributed by atoms with van der Waals surface area (Å²) in [5.74, 6) is 0.626. The second-order valence-electron chi connectivity index (χ2n) is 6.35. The fraction of sp³-hybridized carbons (Fsp3) is 0.238. The first-order valence-corrected chi connectivity index (χ1v) is 8.48. The van der Waals surface area contributed by atoms with Crippen molar-refractivity contribution < 1.29 is 9.53 Å². The molecule has 2 aromatic carbocycles. The normalized spacial score (nSPS) is 10.7. The number of carbonyl (C=O) groups is 1. The van der Waals surface area contributed by atoms with Gasteiger partial charge in [-0.1, -0.05) is 36.4 Å². The summed E-state index contributed by atoms with van der Waals surface area (Å²) in [7, 11) is 1.60. The molecular formula is C21H22N2O3. The number of amides is 1. The summed E-state index contributed by atoms with van der Waals surface area (Å²) < 4.78 is 5.36. The molecule has 1 amide bonds. The van der Waals surface area contributed by atoms with Crippen molar-refractivity contribution in [1.29, 1.82) is 0 Å². The van der Waals surface area contributed by atoms with Crippen LogP contribution in [0, 0.1) is 6.92 Å². The zero-order valence-corrected chi connectivity index (χ0v) is 15.2. The fourth-order valence-corrected chi connectivity index (χ4v) is 3.07. The molecule has 3 rings (SSSR count). The maximum Gasteiger partial charge on any atom is 0.253 e. The molecule has 1 N–H and O–H groups in total. The van der Waals surface area contributed by atoms with E-state index < -0.39 is 0 Å². The Bertz CT molecular complexity index is 1010. The van der Waals surface area contributed by atoms with E-state index in [4.69, 9.17) is 4.74 Å². The van der Waals surface area contributed by atoms with Crippen LogP contribution in [0.1, 0.15) is 23.6 Å². The molecule has 0 bridgehead atoms. The molecule has 5 nitrogen and oxygen atoms in total. The van der Waals surface area contributed by atoms with E-state index in [1.54, 1.807) is 12.0 Å². The third kappa shape index (κ3) is 3.61. The number of carbonyl (C=O) groups excluding carboxylic acids is 1. The number of rotatable bonds is 5. The quantitative estimate of drug-likeness (QED) is 0.767. The predicted octanol–water partition coefficient (Wildman–Crippen LogP) is 3.39. The van der Waals surface area contributed by atoms with Gasteiger partial charge in [-0.05, 0) is 30.0 Å². The Morgan fingerprint density at radius 2 is 1.81 bits per heavy atom. The summed E-state index contributed by atoms with van der Waals surface area (Å²) in [6.45, 7) is 4.09. The lowest BCUT2D eigenvalue weighted by molar-refractivity contribution is -0.130. The Morgan fingerprint density at radius 3 is 2.54 bits per heavy atom. The summed E-state index contributed by atoms with van der Waals surface area (Å²) in [5.41, 5.74) is 3.15. The summed E-state index contributed by atoms with van der Waals surface area (Å²) in [6, 6.07) is 15.3. The van der Waals surface area contributed by atoms with Crippen LogP contribution in [-0.2, 0) is 17.9 Å². The zero-order valence-electron chi connectivity index (χ0n) is 15.2. The van der Waals surface area contributed by atoms with E-state index in [0.717, 1.165) is 27.8 Å². The van der Waals surface area contributed by atoms with Crippen LogP contribution < -0.4 is 10.3 Å². The Labute approximate surface area is 152 Å². The van der Waals surface area contributed by atoms with Gasteiger partial charge in [-0.15, -0.1) is 0 Å². The summed E-state index contributed by atoms with van der Waals surface area (Å²) in [4.78, 5) is 29.2. The van der Waals surface area contributed by atoms with Crippen LogP contribution in [0.15, 0.2) is 53.3 Å². The number of H-pyrrole nitrogens is 1. The van der Waals surface area contributed by atoms with E-state index in [2.05, 4.69) is 4.98 Å². The molecule has 26 heavy (non-hydrogen) atoms. The molecule has 0 atom stereocenters. The average Bonchev–Trinajstić information content (AvgIpc) is 2.63. The van der Waals surface area contributed by atoms with Crippen LogP contribution in [0.2, 0.25) is 0 Å². The fourth-order valence-electron chi connectivity index (χ4n) is 3.07. The van der Waals surface area contributed by atoms with Crippen molar-refractivity contribution in [2.75, 3.05) is 7.11 Å². The van der Waals surface area contributed by atoms with E-state index in [9.17, 15) is 9.59 Å². The lowest BCUT2D eigenvalue weighted by Gasteiger charge is -2.22. The highest BCUT2D eigenvalue weighted by Gasteiger charge is 2.15. The van der Waals surface area contributed by atoms with Crippen LogP contribution in [0.3, 0.4) is 0 Å². The molecular weight excluding hydrogens is 328 g/mol. The molecule has 0 aliphatic rings. The number of nitrogens with one attached hydrogen (secondary N) is 1. The molecule has 5 heteroatoms. The molecule has 3 aromatic rings. The highest BCUT2D eigenvalue weighted by Crippen LogP contribution is 2.21. The van der Waals surface area contributed by atoms with Gasteiger partial charge in [0, 0.05) is 24.6 Å². The van der Waals surface area contributed by atoms with Gasteiger partial charge in [0.15, 0.2) is 0 Å². The number of ether oxygens (including phenoxy) is 1. The van der Waals surface area contributed by atoms with Crippen LogP contribution >= 0.6 is 0 Å². The molecule has 1 aromatic heterocycles. The van der Waals surface area contributed by atoms with E-state index >= 15 is 0 Å². The van der Waals surface area contributed by atoms with E-state index in [-0.39, 0.29) is 18.0 Å². The average molecular weight is 350 g/mol. The molecule has 0 saturated heterocycles. The van der Waals surface area contributed by atoms with Gasteiger partial charge in [-0.2, -0.15) is 0 Å². The number of aromatic nitrogens is 1. The number of hydrogen-bond acceptors (Lipinski definition) is 3. The van der Waals surface area contributed by atoms with Crippen molar-refractivity contribution >= 4 is 16.8 Å². The third-order valence-electron chi connectivity index (χ3n) is 4.53. The molecule has 134 valence electrons. The molecule has 0 aliphatic carbocycles. The third-order valence-corrected chi connectivity index (χ3v) is 4.53. The minimum absolute atomic E-state index is 0.0976. The number of benzene rings is 2. The predicted molar refractivity (Wildman–Crippen MR) is 102 cm³/mol. The maximum atomic E-state index is 12.5. The Kier molecular flexibility index (Phi) is 5.07. The molecule has 0 fully saturated rings. The van der Waals surface area contributed by atoms with Crippen molar-refractivity contribution in [3.05, 3.63) is 75.6 Å². The van der Waals surface area contributed by atoms with Crippen LogP contribution in [0.5, 0.6) is 5.75 Å². The topological polar surface area (TPSA) is 62.4 Å². The molecule has 0 aliphatic heterocycles. The van der Waals surface area contributed by atoms with Gasteiger partial charge >= 0.3 is 0 Å². The summed E-state index contributed by atoms with van der Waals surface area (Å²) >= 11 is 0. The lowest BCUT2D eigenvalue weighted by Crippen LogP contribution is -2.30. The van der Waals surface area contributed by atoms with Gasteiger partial charge in [0.2, 0.25) is 5.91 Å². The highest BCUT2D eigenvalue weighted by atomic mass is 16.5. The SMILES string of the molecule is COc1ccccc1CN(Cc1cc2cccc(C)c2[nH]c1=O)C(C)=O. The number of methoxy groups -OCH3 is 1. The van der Waals surface area contributed by atoms with Crippen molar-refractivity contribution in [2.24, 2.45) is 0 Å². The van der Waals surface area contributed by atoms with Gasteiger partial charge in [0.05, 0.1) is 19.2 Å². The molecule has 0 unspecified atom stereocenters. The van der Waals surface area contributed by atoms with Crippen LogP contribution in [0.25, 0.3) is 10.9 Å². The van der Waals surface area contributed by atoms with Crippen LogP contribution in [-0.4, -0.2) is 22.9 Å². The van der Waals surface area contributed by atoms with Gasteiger partial charge in [-0.3, -0.25) is 9.59 Å². The number of aromatic amines is 1. The van der Waals surface area contributed by atoms with E-state index in [1.165, 1.54) is 6.92 Å². The number of para-hydroxylation sites is 2. The molecule has 1 heterocycles. The zero-order chi connectivity index (χ0) is 18.7. The van der Waals surface area contributed by atoms with Crippen molar-refractivity contribution in [3.63, 3.8) is 0 Å². The maximum absolute atomic E-state index is 12.5. The van der Waals surface area contributed by atoms with E-state index in [0.29, 0.717) is 12.1 Å². The van der Waals surface area contributed by atoms with Crippen molar-refractivity contribution in [3.8, 4) is 5.75 Å². The van der Waals surface area contributed by atoms with Crippen LogP contribution in [0.4, 0.5) is 0 Å². The number of hydrogen-bond donors (Lipinski definition) is 1. The molecule has 0 saturated carbocycles. The summed E-state index contributed by atoms with van der Waals surface area (Å²) in [6.07, 6.45) is 0. The number of fused-ring (bicyclic) bond motifs is 1. The smallest absolute Gasteiger partial charge is 0.253 e. The number of aryl methyl sites for hydroxylation is 1. The summed E-state index contributed by atoms with van der Waals surface area (Å²) in [5, 5.41) is 0.959. The minimum atomic E-state index is -0.168. The molecule has 0 radical (unpaired) electrons. The van der Waals surface area contributed by atoms with Gasteiger partial charge < -0.3 is 14.6 Å². The molecule has 0 spiro atoms. The Morgan fingerprint density at radius 1 is 1.08 bits per heavy atom. The van der Waals surface area contributed by atoms with Crippen molar-refractivity contribution in [1.82, 2.24) is 9.88 Å². The second kappa shape index (κ2) is 7.44. The first-order valence-electron chi connectivity index (χ1n) is 8.48. The first-order chi connectivity index (χ1) is 12.5. The van der Waals surface area contributed by atoms with E-state index in [1.807, 2.05) is 55.5 Å². The van der Waals surface area contributed by atoms with Gasteiger partial charge in [0.1, 0.15) is 5.75 Å². The van der Waals surface area contributed by atoms with Gasteiger partial charge in [-0.25, -0.2) is 0 Å². The highest BCUT2D eigenvalue weighted by molar-refractivity contribution is 5.82. The standard InChI is InChI=1S/C21H22N2O3/c1-14-7-6-9-16-11-18(21(25)22-20(14)16)13-23(15(2)24)12-17-8-4-5-10-19(17)26-3/h4-11H,12-13H2,1-3H3,(H,22,25). The number of pyridine rings is 1. The minimum Gasteiger partial charge on any atom is -0.496 e. The lowest BCUT2D eigenvalue weighted by atomic mass is 10.1. The van der Waals surface area contributed by atoms with Gasteiger partial charge in [0.25, 0.3) is 5.56 Å². The number of nitrogens with zero attached hydrogens (tertiary/aromatic N) is 1. The second-order valence-corrected chi connectivity index (χ2v) is 6.35.